The number of hydrogen-bond donors (Lipinski definition) is 2. The number of piperidine rings is 2. The van der Waals surface area contributed by atoms with Crippen LogP contribution in [0.25, 0.3) is 22.3 Å². The van der Waals surface area contributed by atoms with E-state index in [1.165, 1.54) is 45.2 Å². The van der Waals surface area contributed by atoms with Gasteiger partial charge in [-0.1, -0.05) is 18.6 Å². The molecule has 6 heterocycles. The van der Waals surface area contributed by atoms with Crippen LogP contribution in [0.1, 0.15) is 96.1 Å². The Balaban J connectivity index is 0.969. The van der Waals surface area contributed by atoms with Crippen molar-refractivity contribution < 1.29 is 9.59 Å². The number of rotatable bonds is 7. The molecule has 3 aromatic rings. The third-order valence-electron chi connectivity index (χ3n) is 13.7. The number of benzene rings is 1. The van der Waals surface area contributed by atoms with E-state index < -0.39 is 5.41 Å². The van der Waals surface area contributed by atoms with E-state index in [0.717, 1.165) is 78.1 Å². The molecule has 0 radical (unpaired) electrons. The van der Waals surface area contributed by atoms with Crippen molar-refractivity contribution in [2.45, 2.75) is 114 Å². The second-order valence-corrected chi connectivity index (χ2v) is 17.3. The maximum atomic E-state index is 14.9. The van der Waals surface area contributed by atoms with Crippen LogP contribution in [-0.4, -0.2) is 93.5 Å². The first kappa shape index (κ1) is 31.3. The minimum atomic E-state index is -0.564. The van der Waals surface area contributed by atoms with Gasteiger partial charge in [0.2, 0.25) is 11.8 Å². The molecule has 264 valence electrons. The minimum absolute atomic E-state index is 0.162. The number of aromatic nitrogens is 3. The van der Waals surface area contributed by atoms with Crippen LogP contribution in [0.3, 0.4) is 0 Å². The predicted molar refractivity (Wildman–Crippen MR) is 195 cm³/mol. The van der Waals surface area contributed by atoms with Gasteiger partial charge in [-0.15, -0.1) is 0 Å². The number of nitrogens with zero attached hydrogens (tertiary/aromatic N) is 6. The van der Waals surface area contributed by atoms with E-state index in [-0.39, 0.29) is 23.9 Å². The fourth-order valence-corrected chi connectivity index (χ4v) is 10.4. The zero-order chi connectivity index (χ0) is 33.8. The summed E-state index contributed by atoms with van der Waals surface area (Å²) in [5, 5.41) is 7.09. The van der Waals surface area contributed by atoms with Crippen molar-refractivity contribution >= 4 is 34.4 Å². The van der Waals surface area contributed by atoms with Crippen molar-refractivity contribution in [1.82, 2.24) is 29.7 Å². The Morgan fingerprint density at radius 2 is 1.74 bits per heavy atom. The van der Waals surface area contributed by atoms with Gasteiger partial charge >= 0.3 is 0 Å². The second-order valence-electron chi connectivity index (χ2n) is 17.3. The molecule has 7 aliphatic rings. The molecule has 1 aromatic carbocycles. The van der Waals surface area contributed by atoms with Gasteiger partial charge in [0, 0.05) is 67.5 Å². The van der Waals surface area contributed by atoms with Gasteiger partial charge in [0.1, 0.15) is 5.52 Å². The molecule has 50 heavy (non-hydrogen) atoms. The number of likely N-dealkylation sites (tertiary alicyclic amines) is 2. The molecule has 10 rings (SSSR count). The molecule has 0 atom stereocenters. The first-order chi connectivity index (χ1) is 24.3. The zero-order valence-electron chi connectivity index (χ0n) is 29.8. The summed E-state index contributed by atoms with van der Waals surface area (Å²) < 4.78 is 2.21. The largest absolute Gasteiger partial charge is 0.366 e. The number of pyridine rings is 1. The second kappa shape index (κ2) is 11.5. The maximum absolute atomic E-state index is 14.9. The Morgan fingerprint density at radius 3 is 2.42 bits per heavy atom. The summed E-state index contributed by atoms with van der Waals surface area (Å²) in [6, 6.07) is 10.3. The number of hydrogen-bond acceptors (Lipinski definition) is 7. The SMILES string of the molecule is CC(C)n1cnc2cc(-c3ccc4c(c3)N(C3CC(N5CCCCC5)C3)C(=O)C43CCN(C(=O)C4CC5(CNC5)C4)CC3)nc(NC3CC3)c21. The standard InChI is InChI=1S/C40H52N8O2/c1-25(2)47-24-42-33-19-32(44-36(35(33)47)43-28-7-8-28)26-6-9-31-34(16-26)48(30-17-29(18-30)45-12-4-3-5-13-45)38(50)40(31)10-14-46(15-11-40)37(49)27-20-39(21-27)22-41-23-39/h6,9,16,19,24-25,27-30,41H,3-5,7-8,10-15,17-18,20-23H2,1-2H3,(H,43,44). The van der Waals surface area contributed by atoms with Gasteiger partial charge in [0.25, 0.3) is 0 Å². The third kappa shape index (κ3) is 4.87. The number of carbonyl (C=O) groups is 2. The topological polar surface area (TPSA) is 98.6 Å². The minimum Gasteiger partial charge on any atom is -0.366 e. The molecular weight excluding hydrogens is 624 g/mol. The Kier molecular flexibility index (Phi) is 7.19. The van der Waals surface area contributed by atoms with Crippen LogP contribution in [0.5, 0.6) is 0 Å². The molecular formula is C40H52N8O2. The summed E-state index contributed by atoms with van der Waals surface area (Å²) in [5.41, 5.74) is 5.98. The summed E-state index contributed by atoms with van der Waals surface area (Å²) in [6.07, 6.45) is 13.7. The predicted octanol–water partition coefficient (Wildman–Crippen LogP) is 5.48. The van der Waals surface area contributed by atoms with E-state index >= 15 is 0 Å². The average Bonchev–Trinajstić information content (AvgIpc) is 3.73. The molecule has 6 fully saturated rings. The lowest BCUT2D eigenvalue weighted by molar-refractivity contribution is -0.148. The van der Waals surface area contributed by atoms with Crippen LogP contribution >= 0.6 is 0 Å². The monoisotopic (exact) mass is 676 g/mol. The van der Waals surface area contributed by atoms with Gasteiger partial charge in [-0.25, -0.2) is 9.97 Å². The van der Waals surface area contributed by atoms with Crippen molar-refractivity contribution in [3.8, 4) is 11.3 Å². The normalized spacial score (nSPS) is 27.5. The number of nitrogens with one attached hydrogen (secondary N) is 2. The first-order valence-corrected chi connectivity index (χ1v) is 19.7. The Morgan fingerprint density at radius 1 is 0.980 bits per heavy atom. The lowest BCUT2D eigenvalue weighted by Gasteiger charge is -2.54. The fourth-order valence-electron chi connectivity index (χ4n) is 10.4. The molecule has 0 unspecified atom stereocenters. The van der Waals surface area contributed by atoms with E-state index in [1.54, 1.807) is 0 Å². The Bertz CT molecular complexity index is 1830. The molecule has 3 saturated heterocycles. The lowest BCUT2D eigenvalue weighted by Crippen LogP contribution is -2.63. The summed E-state index contributed by atoms with van der Waals surface area (Å²) in [7, 11) is 0. The van der Waals surface area contributed by atoms with Crippen molar-refractivity contribution in [2.24, 2.45) is 11.3 Å². The Labute approximate surface area is 295 Å². The van der Waals surface area contributed by atoms with Gasteiger partial charge < -0.3 is 29.9 Å². The zero-order valence-corrected chi connectivity index (χ0v) is 29.8. The number of amides is 2. The van der Waals surface area contributed by atoms with E-state index in [1.807, 2.05) is 6.33 Å². The summed E-state index contributed by atoms with van der Waals surface area (Å²) in [4.78, 5) is 45.5. The van der Waals surface area contributed by atoms with Crippen LogP contribution < -0.4 is 15.5 Å². The van der Waals surface area contributed by atoms with Crippen molar-refractivity contribution in [1.29, 1.82) is 0 Å². The maximum Gasteiger partial charge on any atom is 0.238 e. The molecule has 2 spiro atoms. The molecule has 10 nitrogen and oxygen atoms in total. The summed E-state index contributed by atoms with van der Waals surface area (Å²) in [5.74, 6) is 1.64. The van der Waals surface area contributed by atoms with Crippen LogP contribution in [-0.2, 0) is 15.0 Å². The van der Waals surface area contributed by atoms with E-state index in [2.05, 4.69) is 68.0 Å². The fraction of sp³-hybridized carbons (Fsp3) is 0.650. The number of carbonyl (C=O) groups excluding carboxylic acids is 2. The number of imidazole rings is 1. The highest BCUT2D eigenvalue weighted by Gasteiger charge is 2.57. The first-order valence-electron chi connectivity index (χ1n) is 19.7. The molecule has 2 N–H and O–H groups in total. The van der Waals surface area contributed by atoms with Crippen LogP contribution in [0, 0.1) is 11.3 Å². The lowest BCUT2D eigenvalue weighted by atomic mass is 9.58. The van der Waals surface area contributed by atoms with Gasteiger partial charge in [-0.3, -0.25) is 9.59 Å². The molecule has 2 amide bonds. The van der Waals surface area contributed by atoms with Gasteiger partial charge in [0.05, 0.1) is 23.0 Å². The Hall–Kier alpha value is -3.50. The van der Waals surface area contributed by atoms with E-state index in [4.69, 9.17) is 9.97 Å². The average molecular weight is 677 g/mol. The number of anilines is 2. The van der Waals surface area contributed by atoms with E-state index in [9.17, 15) is 9.59 Å². The smallest absolute Gasteiger partial charge is 0.238 e. The van der Waals surface area contributed by atoms with Gasteiger partial charge in [-0.05, 0) is 114 Å². The third-order valence-corrected chi connectivity index (χ3v) is 13.7. The molecule has 4 aliphatic heterocycles. The van der Waals surface area contributed by atoms with Crippen molar-refractivity contribution in [3.05, 3.63) is 36.2 Å². The molecule has 0 bridgehead atoms. The van der Waals surface area contributed by atoms with E-state index in [0.29, 0.717) is 49.3 Å². The molecule has 10 heteroatoms. The van der Waals surface area contributed by atoms with Crippen molar-refractivity contribution in [2.75, 3.05) is 49.5 Å². The molecule has 3 aliphatic carbocycles. The number of fused-ring (bicyclic) bond motifs is 3. The highest BCUT2D eigenvalue weighted by atomic mass is 16.2. The molecule has 2 aromatic heterocycles. The van der Waals surface area contributed by atoms with Crippen LogP contribution in [0.15, 0.2) is 30.6 Å². The quantitative estimate of drug-likeness (QED) is 0.342. The highest BCUT2D eigenvalue weighted by Crippen LogP contribution is 2.53. The van der Waals surface area contributed by atoms with Crippen molar-refractivity contribution in [3.63, 3.8) is 0 Å². The molecule has 3 saturated carbocycles. The van der Waals surface area contributed by atoms with Crippen LogP contribution in [0.2, 0.25) is 0 Å². The summed E-state index contributed by atoms with van der Waals surface area (Å²) >= 11 is 0. The van der Waals surface area contributed by atoms with Crippen LogP contribution in [0.4, 0.5) is 11.5 Å². The summed E-state index contributed by atoms with van der Waals surface area (Å²) in [6.45, 7) is 10.2. The highest BCUT2D eigenvalue weighted by molar-refractivity contribution is 6.09. The van der Waals surface area contributed by atoms with Gasteiger partial charge in [0.15, 0.2) is 5.82 Å². The van der Waals surface area contributed by atoms with Gasteiger partial charge in [-0.2, -0.15) is 0 Å².